The van der Waals surface area contributed by atoms with Crippen molar-refractivity contribution < 1.29 is 14.9 Å². The predicted molar refractivity (Wildman–Crippen MR) is 123 cm³/mol. The van der Waals surface area contributed by atoms with Crippen molar-refractivity contribution in [2.75, 3.05) is 26.8 Å². The first kappa shape index (κ1) is 24.2. The van der Waals surface area contributed by atoms with Crippen LogP contribution in [0.1, 0.15) is 70.4 Å². The molecule has 1 aliphatic carbocycles. The monoisotopic (exact) mass is 417 g/mol. The van der Waals surface area contributed by atoms with Crippen molar-refractivity contribution in [3.05, 3.63) is 29.8 Å². The zero-order valence-electron chi connectivity index (χ0n) is 19.2. The van der Waals surface area contributed by atoms with E-state index in [0.717, 1.165) is 44.3 Å². The molecule has 6 nitrogen and oxygen atoms in total. The van der Waals surface area contributed by atoms with Gasteiger partial charge in [0, 0.05) is 36.5 Å². The Hall–Kier alpha value is -2.05. The van der Waals surface area contributed by atoms with Crippen LogP contribution in [0, 0.1) is 5.41 Å². The van der Waals surface area contributed by atoms with E-state index in [-0.39, 0.29) is 30.1 Å². The Kier molecular flexibility index (Phi) is 8.74. The average molecular weight is 418 g/mol. The third kappa shape index (κ3) is 5.35. The smallest absolute Gasteiger partial charge is 0.128 e. The third-order valence-corrected chi connectivity index (χ3v) is 6.30. The van der Waals surface area contributed by atoms with Crippen LogP contribution in [-0.4, -0.2) is 64.7 Å². The number of nitrogens with one attached hydrogen (secondary N) is 1. The minimum atomic E-state index is -0.0195. The fourth-order valence-electron chi connectivity index (χ4n) is 4.65. The zero-order chi connectivity index (χ0) is 22.4. The second kappa shape index (κ2) is 10.8. The molecule has 1 aromatic carbocycles. The molecule has 1 fully saturated rings. The van der Waals surface area contributed by atoms with Crippen LogP contribution in [0.4, 0.5) is 0 Å². The van der Waals surface area contributed by atoms with E-state index in [9.17, 15) is 10.2 Å². The van der Waals surface area contributed by atoms with Crippen molar-refractivity contribution in [3.8, 4) is 11.5 Å². The minimum Gasteiger partial charge on any atom is -0.508 e. The Labute approximate surface area is 181 Å². The molecule has 2 rings (SSSR count). The van der Waals surface area contributed by atoms with E-state index in [1.807, 2.05) is 18.7 Å². The van der Waals surface area contributed by atoms with Crippen LogP contribution in [0.2, 0.25) is 0 Å². The zero-order valence-corrected chi connectivity index (χ0v) is 19.2. The number of methoxy groups -OCH3 is 1. The van der Waals surface area contributed by atoms with E-state index in [1.165, 1.54) is 6.07 Å². The maximum Gasteiger partial charge on any atom is 0.128 e. The first-order valence-corrected chi connectivity index (χ1v) is 11.1. The van der Waals surface area contributed by atoms with Gasteiger partial charge in [0.15, 0.2) is 0 Å². The highest BCUT2D eigenvalue weighted by Crippen LogP contribution is 2.38. The Bertz CT molecular complexity index is 735. The van der Waals surface area contributed by atoms with Crippen molar-refractivity contribution in [2.24, 2.45) is 0 Å². The van der Waals surface area contributed by atoms with Crippen molar-refractivity contribution in [1.29, 1.82) is 5.41 Å². The molecule has 0 atom stereocenters. The normalized spacial score (nSPS) is 19.3. The Morgan fingerprint density at radius 3 is 2.17 bits per heavy atom. The lowest BCUT2D eigenvalue weighted by Crippen LogP contribution is -2.46. The van der Waals surface area contributed by atoms with Crippen molar-refractivity contribution in [2.45, 2.75) is 71.4 Å². The fraction of sp³-hybridized carbons (Fsp3) is 0.625. The molecule has 1 aromatic rings. The van der Waals surface area contributed by atoms with E-state index in [4.69, 9.17) is 10.1 Å². The summed E-state index contributed by atoms with van der Waals surface area (Å²) in [4.78, 5) is 4.44. The molecular formula is C24H39N3O3. The number of hydrogen-bond donors (Lipinski definition) is 3. The molecule has 0 radical (unpaired) electrons. The summed E-state index contributed by atoms with van der Waals surface area (Å²) in [5, 5.41) is 29.4. The molecule has 0 bridgehead atoms. The van der Waals surface area contributed by atoms with Crippen LogP contribution in [0.15, 0.2) is 18.7 Å². The van der Waals surface area contributed by atoms with Gasteiger partial charge in [0.2, 0.25) is 0 Å². The maximum absolute atomic E-state index is 10.5. The summed E-state index contributed by atoms with van der Waals surface area (Å²) in [5.41, 5.74) is 1.90. The summed E-state index contributed by atoms with van der Waals surface area (Å²) in [6.45, 7) is 15.0. The molecule has 0 spiro atoms. The van der Waals surface area contributed by atoms with Crippen LogP contribution >= 0.6 is 0 Å². The largest absolute Gasteiger partial charge is 0.508 e. The molecule has 168 valence electrons. The predicted octanol–water partition coefficient (Wildman–Crippen LogP) is 4.77. The highest BCUT2D eigenvalue weighted by Gasteiger charge is 2.32. The van der Waals surface area contributed by atoms with Crippen LogP contribution in [0.25, 0.3) is 5.70 Å². The molecule has 0 unspecified atom stereocenters. The lowest BCUT2D eigenvalue weighted by atomic mass is 9.88. The van der Waals surface area contributed by atoms with Crippen LogP contribution in [0.5, 0.6) is 11.5 Å². The topological polar surface area (TPSA) is 80.0 Å². The number of benzene rings is 1. The number of ether oxygens (including phenoxy) is 1. The van der Waals surface area contributed by atoms with E-state index >= 15 is 0 Å². The summed E-state index contributed by atoms with van der Waals surface area (Å²) in [5.74, 6) is 0.507. The van der Waals surface area contributed by atoms with Crippen LogP contribution in [-0.2, 0) is 4.74 Å². The van der Waals surface area contributed by atoms with E-state index < -0.39 is 0 Å². The van der Waals surface area contributed by atoms with Crippen LogP contribution < -0.4 is 0 Å². The first-order chi connectivity index (χ1) is 14.2. The lowest BCUT2D eigenvalue weighted by Gasteiger charge is -2.42. The summed E-state index contributed by atoms with van der Waals surface area (Å²) in [6.07, 6.45) is 4.08. The second-order valence-electron chi connectivity index (χ2n) is 8.46. The molecule has 1 saturated carbocycles. The van der Waals surface area contributed by atoms with Crippen molar-refractivity contribution >= 4 is 11.5 Å². The van der Waals surface area contributed by atoms with Gasteiger partial charge in [-0.3, -0.25) is 5.41 Å². The molecule has 6 heteroatoms. The highest BCUT2D eigenvalue weighted by atomic mass is 16.5. The number of phenolic OH excluding ortho intramolecular Hbond substituents is 2. The standard InChI is InChI=1S/C24H39N3O3/c1-7-26(8-2)18-9-11-19(12-10-18)27(24(25)15-30-6)17(5)21-13-20(16(3)4)22(28)14-23(21)29/h13-14,16,18-19,25,28-29H,5,7-12,15H2,1-4,6H3. The number of amidine groups is 1. The second-order valence-corrected chi connectivity index (χ2v) is 8.46. The van der Waals surface area contributed by atoms with Crippen molar-refractivity contribution in [3.63, 3.8) is 0 Å². The summed E-state index contributed by atoms with van der Waals surface area (Å²) in [6, 6.07) is 3.90. The molecule has 0 heterocycles. The minimum absolute atomic E-state index is 0.0195. The van der Waals surface area contributed by atoms with Gasteiger partial charge in [0.1, 0.15) is 23.9 Å². The molecule has 0 aromatic heterocycles. The number of hydrogen-bond acceptors (Lipinski definition) is 5. The van der Waals surface area contributed by atoms with Gasteiger partial charge in [-0.05, 0) is 56.3 Å². The van der Waals surface area contributed by atoms with E-state index in [1.54, 1.807) is 13.2 Å². The molecule has 0 aliphatic heterocycles. The van der Waals surface area contributed by atoms with Gasteiger partial charge < -0.3 is 24.7 Å². The van der Waals surface area contributed by atoms with Gasteiger partial charge in [-0.2, -0.15) is 0 Å². The molecule has 30 heavy (non-hydrogen) atoms. The number of nitrogens with zero attached hydrogens (tertiary/aromatic N) is 2. The first-order valence-electron chi connectivity index (χ1n) is 11.1. The summed E-state index contributed by atoms with van der Waals surface area (Å²) >= 11 is 0. The van der Waals surface area contributed by atoms with Gasteiger partial charge in [0.25, 0.3) is 0 Å². The quantitative estimate of drug-likeness (QED) is 0.398. The summed E-state index contributed by atoms with van der Waals surface area (Å²) < 4.78 is 5.25. The van der Waals surface area contributed by atoms with Gasteiger partial charge in [-0.1, -0.05) is 34.3 Å². The number of phenols is 2. The number of rotatable bonds is 9. The molecule has 0 saturated heterocycles. The Balaban J connectivity index is 2.31. The fourth-order valence-corrected chi connectivity index (χ4v) is 4.65. The van der Waals surface area contributed by atoms with E-state index in [0.29, 0.717) is 23.1 Å². The SMILES string of the molecule is C=C(c1cc(C(C)C)c(O)cc1O)N(C(=N)COC)C1CCC(N(CC)CC)CC1. The number of aromatic hydroxyl groups is 2. The molecular weight excluding hydrogens is 378 g/mol. The third-order valence-electron chi connectivity index (χ3n) is 6.30. The molecule has 3 N–H and O–H groups in total. The van der Waals surface area contributed by atoms with Gasteiger partial charge in [-0.25, -0.2) is 0 Å². The Morgan fingerprint density at radius 1 is 1.10 bits per heavy atom. The maximum atomic E-state index is 10.5. The van der Waals surface area contributed by atoms with Gasteiger partial charge in [-0.15, -0.1) is 0 Å². The molecule has 1 aliphatic rings. The van der Waals surface area contributed by atoms with Gasteiger partial charge in [0.05, 0.1) is 0 Å². The van der Waals surface area contributed by atoms with Crippen LogP contribution in [0.3, 0.4) is 0 Å². The van der Waals surface area contributed by atoms with Crippen molar-refractivity contribution in [1.82, 2.24) is 9.80 Å². The van der Waals surface area contributed by atoms with Gasteiger partial charge >= 0.3 is 0 Å². The average Bonchev–Trinajstić information content (AvgIpc) is 2.70. The molecule has 0 amide bonds. The highest BCUT2D eigenvalue weighted by molar-refractivity contribution is 5.90. The van der Waals surface area contributed by atoms with E-state index in [2.05, 4.69) is 25.3 Å². The Morgan fingerprint density at radius 2 is 1.67 bits per heavy atom. The summed E-state index contributed by atoms with van der Waals surface area (Å²) in [7, 11) is 1.58. The lowest BCUT2D eigenvalue weighted by molar-refractivity contribution is 0.142.